The van der Waals surface area contributed by atoms with Crippen molar-refractivity contribution < 1.29 is 5.11 Å². The predicted molar refractivity (Wildman–Crippen MR) is 61.9 cm³/mol. The Bertz CT molecular complexity index is 518. The molecule has 2 heterocycles. The summed E-state index contributed by atoms with van der Waals surface area (Å²) in [5, 5.41) is 9.87. The predicted octanol–water partition coefficient (Wildman–Crippen LogP) is 0.0180. The Balaban J connectivity index is 2.74. The topological polar surface area (TPSA) is 64.2 Å². The maximum absolute atomic E-state index is 12.0. The van der Waals surface area contributed by atoms with E-state index in [4.69, 9.17) is 0 Å². The van der Waals surface area contributed by atoms with Gasteiger partial charge < -0.3 is 5.11 Å². The Morgan fingerprint density at radius 3 is 2.81 bits per heavy atom. The van der Waals surface area contributed by atoms with Gasteiger partial charge in [0.2, 0.25) is 0 Å². The van der Waals surface area contributed by atoms with E-state index in [1.54, 1.807) is 4.57 Å². The van der Waals surface area contributed by atoms with E-state index in [0.29, 0.717) is 23.7 Å². The van der Waals surface area contributed by atoms with Crippen LogP contribution in [0.25, 0.3) is 0 Å². The first-order valence-electron chi connectivity index (χ1n) is 5.30. The van der Waals surface area contributed by atoms with Crippen LogP contribution in [-0.2, 0) is 19.7 Å². The highest BCUT2D eigenvalue weighted by Crippen LogP contribution is 2.25. The molecule has 0 amide bonds. The second kappa shape index (κ2) is 4.47. The molecule has 0 saturated carbocycles. The Hall–Kier alpha value is -1.01. The summed E-state index contributed by atoms with van der Waals surface area (Å²) in [5.41, 5.74) is -0.227. The lowest BCUT2D eigenvalue weighted by Crippen LogP contribution is -2.41. The highest BCUT2D eigenvalue weighted by atomic mass is 32.2. The lowest BCUT2D eigenvalue weighted by Gasteiger charge is -2.11. The Morgan fingerprint density at radius 1 is 1.44 bits per heavy atom. The van der Waals surface area contributed by atoms with Crippen LogP contribution in [-0.4, -0.2) is 20.0 Å². The van der Waals surface area contributed by atoms with Gasteiger partial charge in [0.15, 0.2) is 0 Å². The number of nitrogens with zero attached hydrogens (tertiary/aromatic N) is 2. The van der Waals surface area contributed by atoms with Gasteiger partial charge in [0.1, 0.15) is 0 Å². The van der Waals surface area contributed by atoms with Gasteiger partial charge in [0, 0.05) is 18.8 Å². The van der Waals surface area contributed by atoms with E-state index in [2.05, 4.69) is 0 Å². The van der Waals surface area contributed by atoms with Crippen molar-refractivity contribution in [1.82, 2.24) is 9.13 Å². The monoisotopic (exact) mass is 242 g/mol. The van der Waals surface area contributed by atoms with Gasteiger partial charge in [-0.25, -0.2) is 4.79 Å². The molecule has 1 N–H and O–H groups in total. The van der Waals surface area contributed by atoms with E-state index in [-0.39, 0.29) is 17.9 Å². The SMILES string of the molecule is CCCn1c(=O)c(CO)c2n(c1=O)CCS2. The van der Waals surface area contributed by atoms with E-state index in [1.165, 1.54) is 16.3 Å². The number of hydrogen-bond acceptors (Lipinski definition) is 4. The maximum atomic E-state index is 12.0. The average molecular weight is 242 g/mol. The third kappa shape index (κ3) is 1.62. The van der Waals surface area contributed by atoms with Crippen molar-refractivity contribution in [3.63, 3.8) is 0 Å². The molecule has 1 aromatic heterocycles. The highest BCUT2D eigenvalue weighted by molar-refractivity contribution is 7.99. The molecule has 1 aliphatic rings. The summed E-state index contributed by atoms with van der Waals surface area (Å²) >= 11 is 1.46. The van der Waals surface area contributed by atoms with Crippen LogP contribution in [0.4, 0.5) is 0 Å². The molecule has 88 valence electrons. The first-order chi connectivity index (χ1) is 7.70. The van der Waals surface area contributed by atoms with Crippen molar-refractivity contribution in [3.05, 3.63) is 26.4 Å². The largest absolute Gasteiger partial charge is 0.391 e. The van der Waals surface area contributed by atoms with E-state index in [1.807, 2.05) is 6.92 Å². The van der Waals surface area contributed by atoms with Gasteiger partial charge in [-0.1, -0.05) is 6.92 Å². The fourth-order valence-electron chi connectivity index (χ4n) is 1.89. The fourth-order valence-corrected chi connectivity index (χ4v) is 3.01. The fraction of sp³-hybridized carbons (Fsp3) is 0.600. The van der Waals surface area contributed by atoms with Crippen molar-refractivity contribution in [2.45, 2.75) is 38.1 Å². The first kappa shape index (κ1) is 11.5. The summed E-state index contributed by atoms with van der Waals surface area (Å²) in [6.45, 7) is 2.65. The Labute approximate surface area is 96.7 Å². The van der Waals surface area contributed by atoms with Gasteiger partial charge >= 0.3 is 5.69 Å². The van der Waals surface area contributed by atoms with Crippen LogP contribution in [0, 0.1) is 0 Å². The van der Waals surface area contributed by atoms with E-state index in [9.17, 15) is 14.7 Å². The third-order valence-electron chi connectivity index (χ3n) is 2.63. The molecule has 0 aromatic carbocycles. The molecule has 6 heteroatoms. The number of thioether (sulfide) groups is 1. The van der Waals surface area contributed by atoms with Crippen molar-refractivity contribution in [2.24, 2.45) is 0 Å². The molecule has 0 aliphatic carbocycles. The van der Waals surface area contributed by atoms with Crippen molar-refractivity contribution >= 4 is 11.8 Å². The summed E-state index contributed by atoms with van der Waals surface area (Å²) in [7, 11) is 0. The zero-order chi connectivity index (χ0) is 11.7. The molecular formula is C10H14N2O3S. The van der Waals surface area contributed by atoms with Gasteiger partial charge in [-0.3, -0.25) is 13.9 Å². The van der Waals surface area contributed by atoms with E-state index in [0.717, 1.165) is 12.2 Å². The number of aromatic nitrogens is 2. The van der Waals surface area contributed by atoms with Gasteiger partial charge in [-0.2, -0.15) is 0 Å². The number of fused-ring (bicyclic) bond motifs is 1. The number of hydrogen-bond donors (Lipinski definition) is 1. The van der Waals surface area contributed by atoms with Crippen molar-refractivity contribution in [2.75, 3.05) is 5.75 Å². The molecule has 1 aromatic rings. The second-order valence-corrected chi connectivity index (χ2v) is 4.76. The van der Waals surface area contributed by atoms with Crippen LogP contribution < -0.4 is 11.2 Å². The summed E-state index contributed by atoms with van der Waals surface area (Å²) in [6, 6.07) is 0. The lowest BCUT2D eigenvalue weighted by atomic mass is 10.3. The molecule has 2 rings (SSSR count). The molecule has 0 radical (unpaired) electrons. The van der Waals surface area contributed by atoms with E-state index >= 15 is 0 Å². The first-order valence-corrected chi connectivity index (χ1v) is 6.29. The van der Waals surface area contributed by atoms with Gasteiger partial charge in [0.25, 0.3) is 5.56 Å². The standard InChI is InChI=1S/C10H14N2O3S/c1-2-3-11-8(14)7(6-13)9-12(10(11)15)4-5-16-9/h13H,2-6H2,1H3. The minimum atomic E-state index is -0.338. The number of aliphatic hydroxyl groups excluding tert-OH is 1. The van der Waals surface area contributed by atoms with Gasteiger partial charge in [-0.05, 0) is 6.42 Å². The molecular weight excluding hydrogens is 228 g/mol. The van der Waals surface area contributed by atoms with Crippen molar-refractivity contribution in [3.8, 4) is 0 Å². The summed E-state index contributed by atoms with van der Waals surface area (Å²) in [6.07, 6.45) is 0.729. The molecule has 5 nitrogen and oxygen atoms in total. The molecule has 0 saturated heterocycles. The molecule has 0 atom stereocenters. The second-order valence-electron chi connectivity index (χ2n) is 3.68. The van der Waals surface area contributed by atoms with E-state index < -0.39 is 0 Å². The zero-order valence-corrected chi connectivity index (χ0v) is 9.92. The summed E-state index contributed by atoms with van der Waals surface area (Å²) in [5.74, 6) is 0.790. The van der Waals surface area contributed by atoms with Gasteiger partial charge in [0.05, 0.1) is 17.2 Å². The normalized spacial score (nSPS) is 14.1. The van der Waals surface area contributed by atoms with Crippen LogP contribution >= 0.6 is 11.8 Å². The lowest BCUT2D eigenvalue weighted by molar-refractivity contribution is 0.272. The van der Waals surface area contributed by atoms with Crippen LogP contribution in [0.15, 0.2) is 14.6 Å². The van der Waals surface area contributed by atoms with Crippen LogP contribution in [0.5, 0.6) is 0 Å². The molecule has 0 bridgehead atoms. The van der Waals surface area contributed by atoms with Crippen LogP contribution in [0.3, 0.4) is 0 Å². The van der Waals surface area contributed by atoms with Gasteiger partial charge in [-0.15, -0.1) is 11.8 Å². The molecule has 0 unspecified atom stereocenters. The smallest absolute Gasteiger partial charge is 0.331 e. The minimum Gasteiger partial charge on any atom is -0.391 e. The minimum absolute atomic E-state index is 0.246. The van der Waals surface area contributed by atoms with Crippen LogP contribution in [0.1, 0.15) is 18.9 Å². The third-order valence-corrected chi connectivity index (χ3v) is 3.75. The summed E-state index contributed by atoms with van der Waals surface area (Å²) in [4.78, 5) is 23.9. The molecule has 16 heavy (non-hydrogen) atoms. The maximum Gasteiger partial charge on any atom is 0.331 e. The number of aliphatic hydroxyl groups is 1. The Kier molecular flexibility index (Phi) is 3.20. The quantitative estimate of drug-likeness (QED) is 0.759. The number of rotatable bonds is 3. The zero-order valence-electron chi connectivity index (χ0n) is 9.10. The molecule has 0 fully saturated rings. The average Bonchev–Trinajstić information content (AvgIpc) is 2.74. The van der Waals surface area contributed by atoms with Crippen LogP contribution in [0.2, 0.25) is 0 Å². The Morgan fingerprint density at radius 2 is 2.19 bits per heavy atom. The summed E-state index contributed by atoms with van der Waals surface area (Å²) < 4.78 is 2.81. The van der Waals surface area contributed by atoms with Crippen molar-refractivity contribution in [1.29, 1.82) is 0 Å². The molecule has 0 spiro atoms. The molecule has 1 aliphatic heterocycles. The highest BCUT2D eigenvalue weighted by Gasteiger charge is 2.22.